The summed E-state index contributed by atoms with van der Waals surface area (Å²) in [5, 5.41) is 3.79. The lowest BCUT2D eigenvalue weighted by Gasteiger charge is -2.44. The highest BCUT2D eigenvalue weighted by molar-refractivity contribution is 6.33. The maximum Gasteiger partial charge on any atom is 0.257 e. The number of hydrogen-bond donors (Lipinski definition) is 1. The van der Waals surface area contributed by atoms with Crippen LogP contribution in [-0.4, -0.2) is 42.4 Å². The van der Waals surface area contributed by atoms with Gasteiger partial charge in [-0.1, -0.05) is 48.0 Å². The first-order valence-electron chi connectivity index (χ1n) is 13.2. The number of piperidine rings is 1. The van der Waals surface area contributed by atoms with Crippen LogP contribution in [0.1, 0.15) is 48.0 Å². The van der Waals surface area contributed by atoms with E-state index in [0.29, 0.717) is 35.7 Å². The number of likely N-dealkylation sites (tertiary alicyclic amines) is 1. The molecule has 0 bridgehead atoms. The highest BCUT2D eigenvalue weighted by atomic mass is 35.5. The molecule has 2 saturated heterocycles. The van der Waals surface area contributed by atoms with Gasteiger partial charge in [0.15, 0.2) is 0 Å². The third-order valence-electron chi connectivity index (χ3n) is 7.83. The van der Waals surface area contributed by atoms with E-state index < -0.39 is 11.7 Å². The van der Waals surface area contributed by atoms with Crippen molar-refractivity contribution in [3.05, 3.63) is 82.7 Å². The number of nitrogens with one attached hydrogen (secondary N) is 1. The molecule has 194 valence electrons. The first kappa shape index (κ1) is 25.5. The van der Waals surface area contributed by atoms with Gasteiger partial charge in [0.05, 0.1) is 28.2 Å². The van der Waals surface area contributed by atoms with Gasteiger partial charge in [0.2, 0.25) is 5.91 Å². The van der Waals surface area contributed by atoms with Gasteiger partial charge >= 0.3 is 0 Å². The van der Waals surface area contributed by atoms with Crippen molar-refractivity contribution in [1.82, 2.24) is 4.90 Å². The summed E-state index contributed by atoms with van der Waals surface area (Å²) in [6, 6.07) is 9.92. The van der Waals surface area contributed by atoms with Gasteiger partial charge in [0.25, 0.3) is 5.91 Å². The number of anilines is 2. The molecule has 0 saturated carbocycles. The zero-order valence-electron chi connectivity index (χ0n) is 21.1. The summed E-state index contributed by atoms with van der Waals surface area (Å²) in [5.41, 5.74) is 2.33. The molecule has 7 heteroatoms. The molecule has 37 heavy (non-hydrogen) atoms. The van der Waals surface area contributed by atoms with Crippen molar-refractivity contribution >= 4 is 34.8 Å². The number of amides is 2. The second-order valence-corrected chi connectivity index (χ2v) is 10.6. The molecule has 2 fully saturated rings. The van der Waals surface area contributed by atoms with Crippen molar-refractivity contribution in [3.8, 4) is 0 Å². The quantitative estimate of drug-likeness (QED) is 0.496. The molecular weight excluding hydrogens is 489 g/mol. The Hall–Kier alpha value is -3.12. The molecule has 0 aromatic heterocycles. The lowest BCUT2D eigenvalue weighted by atomic mass is 9.77. The molecule has 2 aliphatic heterocycles. The van der Waals surface area contributed by atoms with Crippen LogP contribution in [0.25, 0.3) is 0 Å². The molecule has 0 radical (unpaired) electrons. The molecule has 3 atom stereocenters. The van der Waals surface area contributed by atoms with E-state index >= 15 is 0 Å². The lowest BCUT2D eigenvalue weighted by Crippen LogP contribution is -2.55. The van der Waals surface area contributed by atoms with Crippen LogP contribution < -0.4 is 10.2 Å². The van der Waals surface area contributed by atoms with Crippen LogP contribution in [0.4, 0.5) is 15.8 Å². The van der Waals surface area contributed by atoms with Gasteiger partial charge in [0, 0.05) is 31.2 Å². The maximum absolute atomic E-state index is 14.8. The minimum absolute atomic E-state index is 0.0255. The van der Waals surface area contributed by atoms with Crippen molar-refractivity contribution in [3.63, 3.8) is 0 Å². The second-order valence-electron chi connectivity index (χ2n) is 10.2. The van der Waals surface area contributed by atoms with Gasteiger partial charge in [-0.05, 0) is 68.9 Å². The number of allylic oxidation sites excluding steroid dienone is 3. The smallest absolute Gasteiger partial charge is 0.257 e. The minimum atomic E-state index is -0.523. The molecule has 3 aliphatic rings. The van der Waals surface area contributed by atoms with Gasteiger partial charge in [-0.15, -0.1) is 0 Å². The molecule has 2 amide bonds. The average Bonchev–Trinajstić information content (AvgIpc) is 3.44. The van der Waals surface area contributed by atoms with E-state index in [0.717, 1.165) is 38.0 Å². The van der Waals surface area contributed by atoms with Crippen molar-refractivity contribution in [2.75, 3.05) is 29.9 Å². The number of aryl methyl sites for hydroxylation is 1. The molecule has 0 spiro atoms. The number of carbonyl (C=O) groups is 2. The number of rotatable bonds is 5. The topological polar surface area (TPSA) is 52.7 Å². The Morgan fingerprint density at radius 3 is 2.59 bits per heavy atom. The highest BCUT2D eigenvalue weighted by Crippen LogP contribution is 2.36. The van der Waals surface area contributed by atoms with Crippen LogP contribution in [0, 0.1) is 24.6 Å². The molecule has 2 unspecified atom stereocenters. The molecule has 2 heterocycles. The lowest BCUT2D eigenvalue weighted by molar-refractivity contribution is -0.123. The minimum Gasteiger partial charge on any atom is -0.370 e. The Kier molecular flexibility index (Phi) is 7.65. The Labute approximate surface area is 223 Å². The monoisotopic (exact) mass is 521 g/mol. The Balaban J connectivity index is 1.43. The Morgan fingerprint density at radius 2 is 1.86 bits per heavy atom. The van der Waals surface area contributed by atoms with Gasteiger partial charge in [-0.2, -0.15) is 0 Å². The normalized spacial score (nSPS) is 23.4. The van der Waals surface area contributed by atoms with Crippen molar-refractivity contribution in [2.24, 2.45) is 11.8 Å². The molecule has 2 aromatic carbocycles. The van der Waals surface area contributed by atoms with E-state index in [1.807, 2.05) is 30.4 Å². The van der Waals surface area contributed by atoms with Crippen LogP contribution in [0.15, 0.2) is 60.7 Å². The summed E-state index contributed by atoms with van der Waals surface area (Å²) in [5.74, 6) is -1.43. The van der Waals surface area contributed by atoms with Gasteiger partial charge < -0.3 is 15.1 Å². The van der Waals surface area contributed by atoms with Crippen molar-refractivity contribution in [1.29, 1.82) is 0 Å². The van der Waals surface area contributed by atoms with Crippen LogP contribution >= 0.6 is 11.6 Å². The van der Waals surface area contributed by atoms with Crippen molar-refractivity contribution in [2.45, 2.75) is 45.1 Å². The standard InChI is InChI=1S/C30H33ClFN3O2/c1-20-9-7-13-25(32)27(20)30(37)35-18-8-12-23(28(35)21-10-3-2-4-11-21)29(36)33-22-14-15-24(31)26(19-22)34-16-5-6-17-34/h2-4,7,9-10,13-15,19,21,23,28H,5-6,8,11-12,16-18H2,1H3,(H,33,36)/t21?,23?,28-/m0/s1. The largest absolute Gasteiger partial charge is 0.370 e. The SMILES string of the molecule is Cc1cccc(F)c1C(=O)N1CCCC(C(=O)Nc2ccc(Cl)c(N3CCCC3)c2)[C@@H]1C1C=CC=CC1. The summed E-state index contributed by atoms with van der Waals surface area (Å²) in [4.78, 5) is 31.5. The Bertz CT molecular complexity index is 1220. The second kappa shape index (κ2) is 11.1. The zero-order valence-corrected chi connectivity index (χ0v) is 21.9. The fraction of sp³-hybridized carbons (Fsp3) is 0.400. The maximum atomic E-state index is 14.8. The van der Waals surface area contributed by atoms with E-state index in [9.17, 15) is 14.0 Å². The average molecular weight is 522 g/mol. The van der Waals surface area contributed by atoms with E-state index in [1.165, 1.54) is 6.07 Å². The fourth-order valence-electron chi connectivity index (χ4n) is 6.00. The van der Waals surface area contributed by atoms with Crippen molar-refractivity contribution < 1.29 is 14.0 Å². The number of carbonyl (C=O) groups excluding carboxylic acids is 2. The summed E-state index contributed by atoms with van der Waals surface area (Å²) < 4.78 is 14.8. The summed E-state index contributed by atoms with van der Waals surface area (Å²) in [6.07, 6.45) is 12.4. The number of hydrogen-bond acceptors (Lipinski definition) is 3. The van der Waals surface area contributed by atoms with Crippen LogP contribution in [0.5, 0.6) is 0 Å². The molecule has 2 aromatic rings. The van der Waals surface area contributed by atoms with Gasteiger partial charge in [-0.3, -0.25) is 9.59 Å². The number of halogens is 2. The van der Waals surface area contributed by atoms with Gasteiger partial charge in [-0.25, -0.2) is 4.39 Å². The molecule has 5 rings (SSSR count). The number of benzene rings is 2. The van der Waals surface area contributed by atoms with E-state index in [2.05, 4.69) is 22.4 Å². The molecular formula is C30H33ClFN3O2. The van der Waals surface area contributed by atoms with Crippen LogP contribution in [0.2, 0.25) is 5.02 Å². The highest BCUT2D eigenvalue weighted by Gasteiger charge is 2.43. The first-order chi connectivity index (χ1) is 17.9. The number of nitrogens with zero attached hydrogens (tertiary/aromatic N) is 2. The Morgan fingerprint density at radius 1 is 1.05 bits per heavy atom. The predicted molar refractivity (Wildman–Crippen MR) is 147 cm³/mol. The third kappa shape index (κ3) is 5.30. The summed E-state index contributed by atoms with van der Waals surface area (Å²) in [6.45, 7) is 4.15. The summed E-state index contributed by atoms with van der Waals surface area (Å²) in [7, 11) is 0. The zero-order chi connectivity index (χ0) is 25.9. The molecule has 1 aliphatic carbocycles. The van der Waals surface area contributed by atoms with E-state index in [-0.39, 0.29) is 29.3 Å². The summed E-state index contributed by atoms with van der Waals surface area (Å²) >= 11 is 6.48. The third-order valence-corrected chi connectivity index (χ3v) is 8.15. The predicted octanol–water partition coefficient (Wildman–Crippen LogP) is 6.38. The molecule has 5 nitrogen and oxygen atoms in total. The van der Waals surface area contributed by atoms with Crippen LogP contribution in [0.3, 0.4) is 0 Å². The fourth-order valence-corrected chi connectivity index (χ4v) is 6.23. The van der Waals surface area contributed by atoms with Gasteiger partial charge in [0.1, 0.15) is 5.82 Å². The van der Waals surface area contributed by atoms with E-state index in [4.69, 9.17) is 11.6 Å². The van der Waals surface area contributed by atoms with E-state index in [1.54, 1.807) is 24.0 Å². The molecule has 1 N–H and O–H groups in total. The van der Waals surface area contributed by atoms with Crippen LogP contribution in [-0.2, 0) is 4.79 Å². The first-order valence-corrected chi connectivity index (χ1v) is 13.6.